The summed E-state index contributed by atoms with van der Waals surface area (Å²) in [5, 5.41) is 0. The molecular weight excluding hydrogens is 490 g/mol. The molecule has 0 bridgehead atoms. The lowest BCUT2D eigenvalue weighted by Crippen LogP contribution is -2.51. The Balaban J connectivity index is 1.12. The van der Waals surface area contributed by atoms with Crippen LogP contribution in [-0.4, -0.2) is 59.9 Å². The standard InChI is InChI=1S/C36H37N3O/c40-36-34-21-11-10-20-33(34)35(39(36)23-12-15-29-13-4-1-5-14-29)38-27-25-37(26-28-38)24-22-32(30-16-6-2-7-17-30)31-18-8-3-9-19-31/h1-21,32,35H,22-28H2. The first kappa shape index (κ1) is 26.2. The van der Waals surface area contributed by atoms with Crippen molar-refractivity contribution >= 4 is 12.0 Å². The van der Waals surface area contributed by atoms with Crippen molar-refractivity contribution in [1.82, 2.24) is 14.7 Å². The summed E-state index contributed by atoms with van der Waals surface area (Å²) in [6.07, 6.45) is 5.32. The van der Waals surface area contributed by atoms with E-state index < -0.39 is 0 Å². The molecule has 0 radical (unpaired) electrons. The third-order valence-electron chi connectivity index (χ3n) is 8.33. The first-order valence-electron chi connectivity index (χ1n) is 14.5. The highest BCUT2D eigenvalue weighted by molar-refractivity contribution is 5.99. The Bertz CT molecular complexity index is 1370. The maximum Gasteiger partial charge on any atom is 0.256 e. The minimum Gasteiger partial charge on any atom is -0.315 e. The highest BCUT2D eigenvalue weighted by Gasteiger charge is 2.40. The van der Waals surface area contributed by atoms with Gasteiger partial charge in [0, 0.05) is 49.8 Å². The van der Waals surface area contributed by atoms with Gasteiger partial charge in [-0.2, -0.15) is 0 Å². The SMILES string of the molecule is O=C1c2ccccc2C(N2CCN(CCC(c3ccccc3)c3ccccc3)CC2)N1CC=Cc1ccccc1. The van der Waals surface area contributed by atoms with Crippen molar-refractivity contribution in [3.63, 3.8) is 0 Å². The molecule has 202 valence electrons. The van der Waals surface area contributed by atoms with Crippen LogP contribution in [0.2, 0.25) is 0 Å². The fraction of sp³-hybridized carbons (Fsp3) is 0.250. The molecule has 4 heteroatoms. The number of hydrogen-bond acceptors (Lipinski definition) is 3. The summed E-state index contributed by atoms with van der Waals surface area (Å²) in [4.78, 5) is 20.6. The van der Waals surface area contributed by atoms with E-state index in [1.54, 1.807) is 0 Å². The average Bonchev–Trinajstić information content (AvgIpc) is 3.30. The van der Waals surface area contributed by atoms with Crippen LogP contribution in [0.4, 0.5) is 0 Å². The lowest BCUT2D eigenvalue weighted by molar-refractivity contribution is 0.0204. The topological polar surface area (TPSA) is 26.8 Å². The monoisotopic (exact) mass is 527 g/mol. The van der Waals surface area contributed by atoms with Gasteiger partial charge in [0.2, 0.25) is 0 Å². The second kappa shape index (κ2) is 12.5. The third kappa shape index (κ3) is 5.79. The molecule has 4 aromatic rings. The van der Waals surface area contributed by atoms with Crippen LogP contribution >= 0.6 is 0 Å². The van der Waals surface area contributed by atoms with E-state index in [9.17, 15) is 4.79 Å². The van der Waals surface area contributed by atoms with Gasteiger partial charge in [-0.3, -0.25) is 9.69 Å². The molecule has 1 saturated heterocycles. The van der Waals surface area contributed by atoms with Gasteiger partial charge in [-0.15, -0.1) is 0 Å². The van der Waals surface area contributed by atoms with E-state index >= 15 is 0 Å². The molecule has 0 saturated carbocycles. The normalized spacial score (nSPS) is 18.1. The first-order chi connectivity index (χ1) is 19.8. The highest BCUT2D eigenvalue weighted by atomic mass is 16.2. The summed E-state index contributed by atoms with van der Waals surface area (Å²) in [6.45, 7) is 5.59. The number of fused-ring (bicyclic) bond motifs is 1. The van der Waals surface area contributed by atoms with E-state index in [0.29, 0.717) is 12.5 Å². The average molecular weight is 528 g/mol. The molecule has 40 heavy (non-hydrogen) atoms. The Morgan fingerprint density at radius 3 is 1.93 bits per heavy atom. The Kier molecular flexibility index (Phi) is 8.17. The Morgan fingerprint density at radius 2 is 1.27 bits per heavy atom. The van der Waals surface area contributed by atoms with Crippen molar-refractivity contribution in [2.24, 2.45) is 0 Å². The summed E-state index contributed by atoms with van der Waals surface area (Å²) in [5.41, 5.74) is 5.90. The van der Waals surface area contributed by atoms with Gasteiger partial charge in [-0.25, -0.2) is 0 Å². The van der Waals surface area contributed by atoms with Gasteiger partial charge in [0.05, 0.1) is 0 Å². The van der Waals surface area contributed by atoms with Crippen LogP contribution in [0, 0.1) is 0 Å². The van der Waals surface area contributed by atoms with E-state index in [2.05, 4.69) is 107 Å². The fourth-order valence-electron chi connectivity index (χ4n) is 6.23. The number of amides is 1. The van der Waals surface area contributed by atoms with Crippen molar-refractivity contribution in [2.75, 3.05) is 39.3 Å². The summed E-state index contributed by atoms with van der Waals surface area (Å²) in [5.74, 6) is 0.529. The van der Waals surface area contributed by atoms with Gasteiger partial charge in [0.25, 0.3) is 5.91 Å². The van der Waals surface area contributed by atoms with E-state index in [0.717, 1.165) is 55.8 Å². The van der Waals surface area contributed by atoms with Crippen molar-refractivity contribution in [3.8, 4) is 0 Å². The van der Waals surface area contributed by atoms with Gasteiger partial charge >= 0.3 is 0 Å². The molecule has 1 atom stereocenters. The lowest BCUT2D eigenvalue weighted by atomic mass is 9.88. The van der Waals surface area contributed by atoms with Crippen LogP contribution in [0.15, 0.2) is 121 Å². The maximum absolute atomic E-state index is 13.5. The number of piperazine rings is 1. The number of carbonyl (C=O) groups is 1. The molecule has 4 nitrogen and oxygen atoms in total. The molecule has 0 aliphatic carbocycles. The predicted octanol–water partition coefficient (Wildman–Crippen LogP) is 6.69. The second-order valence-corrected chi connectivity index (χ2v) is 10.8. The number of benzene rings is 4. The Morgan fingerprint density at radius 1 is 0.700 bits per heavy atom. The van der Waals surface area contributed by atoms with Gasteiger partial charge < -0.3 is 9.80 Å². The predicted molar refractivity (Wildman–Crippen MR) is 163 cm³/mol. The number of carbonyl (C=O) groups excluding carboxylic acids is 1. The smallest absolute Gasteiger partial charge is 0.256 e. The maximum atomic E-state index is 13.5. The van der Waals surface area contributed by atoms with Crippen LogP contribution in [0.1, 0.15) is 51.1 Å². The van der Waals surface area contributed by atoms with Gasteiger partial charge in [-0.05, 0) is 35.7 Å². The Hall–Kier alpha value is -3.99. The third-order valence-corrected chi connectivity index (χ3v) is 8.33. The molecule has 0 N–H and O–H groups in total. The molecular formula is C36H37N3O. The van der Waals surface area contributed by atoms with Crippen LogP contribution in [0.3, 0.4) is 0 Å². The molecule has 1 amide bonds. The molecule has 4 aromatic carbocycles. The minimum absolute atomic E-state index is 0.00680. The second-order valence-electron chi connectivity index (χ2n) is 10.8. The highest BCUT2D eigenvalue weighted by Crippen LogP contribution is 2.37. The van der Waals surface area contributed by atoms with E-state index in [-0.39, 0.29) is 12.1 Å². The van der Waals surface area contributed by atoms with E-state index in [4.69, 9.17) is 0 Å². The summed E-state index contributed by atoms with van der Waals surface area (Å²) < 4.78 is 0. The Labute approximate surface area is 238 Å². The van der Waals surface area contributed by atoms with Crippen molar-refractivity contribution in [1.29, 1.82) is 0 Å². The number of hydrogen-bond donors (Lipinski definition) is 0. The van der Waals surface area contributed by atoms with Gasteiger partial charge in [0.15, 0.2) is 0 Å². The molecule has 2 aliphatic rings. The molecule has 1 unspecified atom stereocenters. The van der Waals surface area contributed by atoms with Crippen LogP contribution in [0.25, 0.3) is 6.08 Å². The molecule has 1 fully saturated rings. The zero-order valence-corrected chi connectivity index (χ0v) is 23.0. The number of nitrogens with zero attached hydrogens (tertiary/aromatic N) is 3. The molecule has 0 aromatic heterocycles. The molecule has 2 heterocycles. The lowest BCUT2D eigenvalue weighted by Gasteiger charge is -2.41. The largest absolute Gasteiger partial charge is 0.315 e. The zero-order valence-electron chi connectivity index (χ0n) is 23.0. The van der Waals surface area contributed by atoms with E-state index in [1.165, 1.54) is 11.1 Å². The zero-order chi connectivity index (χ0) is 27.1. The van der Waals surface area contributed by atoms with Crippen LogP contribution < -0.4 is 0 Å². The van der Waals surface area contributed by atoms with Crippen molar-refractivity contribution in [2.45, 2.75) is 18.5 Å². The summed E-state index contributed by atoms with van der Waals surface area (Å²) in [7, 11) is 0. The summed E-state index contributed by atoms with van der Waals surface area (Å²) >= 11 is 0. The molecule has 0 spiro atoms. The first-order valence-corrected chi connectivity index (χ1v) is 14.5. The van der Waals surface area contributed by atoms with Crippen LogP contribution in [0.5, 0.6) is 0 Å². The fourth-order valence-corrected chi connectivity index (χ4v) is 6.23. The summed E-state index contributed by atoms with van der Waals surface area (Å²) in [6, 6.07) is 40.2. The van der Waals surface area contributed by atoms with Crippen molar-refractivity contribution < 1.29 is 4.79 Å². The molecule has 2 aliphatic heterocycles. The quantitative estimate of drug-likeness (QED) is 0.243. The van der Waals surface area contributed by atoms with Gasteiger partial charge in [0.1, 0.15) is 6.17 Å². The van der Waals surface area contributed by atoms with Crippen molar-refractivity contribution in [3.05, 3.63) is 149 Å². The van der Waals surface area contributed by atoms with Crippen LogP contribution in [-0.2, 0) is 0 Å². The van der Waals surface area contributed by atoms with E-state index in [1.807, 2.05) is 35.2 Å². The minimum atomic E-state index is -0.00680. The number of rotatable bonds is 9. The van der Waals surface area contributed by atoms with Gasteiger partial charge in [-0.1, -0.05) is 121 Å². The molecule has 6 rings (SSSR count).